The molecule has 144 valence electrons. The van der Waals surface area contributed by atoms with Crippen molar-refractivity contribution >= 4 is 17.8 Å². The van der Waals surface area contributed by atoms with Crippen LogP contribution in [0, 0.1) is 6.92 Å². The fourth-order valence-electron chi connectivity index (χ4n) is 3.25. The Bertz CT molecular complexity index is 913. The summed E-state index contributed by atoms with van der Waals surface area (Å²) in [5.41, 5.74) is 2.80. The summed E-state index contributed by atoms with van der Waals surface area (Å²) in [6.45, 7) is 2.55. The normalized spacial score (nSPS) is 17.0. The number of amides is 1. The second-order valence-corrected chi connectivity index (χ2v) is 6.68. The van der Waals surface area contributed by atoms with Gasteiger partial charge in [0, 0.05) is 13.7 Å². The number of ketones is 1. The number of hydrogen-bond donors (Lipinski definition) is 1. The van der Waals surface area contributed by atoms with Gasteiger partial charge in [0.25, 0.3) is 5.91 Å². The maximum atomic E-state index is 12.9. The minimum atomic E-state index is -0.642. The molecule has 1 unspecified atom stereocenters. The van der Waals surface area contributed by atoms with Crippen LogP contribution in [0.1, 0.15) is 22.7 Å². The minimum absolute atomic E-state index is 0.0946. The molecule has 2 aromatic rings. The Labute approximate surface area is 164 Å². The summed E-state index contributed by atoms with van der Waals surface area (Å²) < 4.78 is 5.10. The van der Waals surface area contributed by atoms with Crippen LogP contribution in [0.15, 0.2) is 72.0 Å². The zero-order valence-corrected chi connectivity index (χ0v) is 16.0. The second kappa shape index (κ2) is 8.67. The molecule has 0 aromatic heterocycles. The van der Waals surface area contributed by atoms with E-state index < -0.39 is 17.7 Å². The number of carbonyl (C=O) groups excluding carboxylic acids is 2. The number of nitrogens with zero attached hydrogens (tertiary/aromatic N) is 1. The number of aliphatic hydroxyl groups excluding tert-OH is 1. The molecular weight excluding hydrogens is 354 g/mol. The first-order valence-electron chi connectivity index (χ1n) is 9.10. The third-order valence-corrected chi connectivity index (χ3v) is 4.73. The van der Waals surface area contributed by atoms with Gasteiger partial charge in [0.15, 0.2) is 11.5 Å². The molecule has 28 heavy (non-hydrogen) atoms. The predicted octanol–water partition coefficient (Wildman–Crippen LogP) is 3.62. The monoisotopic (exact) mass is 377 g/mol. The smallest absolute Gasteiger partial charge is 0.290 e. The van der Waals surface area contributed by atoms with Crippen LogP contribution >= 0.6 is 0 Å². The summed E-state index contributed by atoms with van der Waals surface area (Å²) >= 11 is 0. The Morgan fingerprint density at radius 1 is 1.14 bits per heavy atom. The van der Waals surface area contributed by atoms with Gasteiger partial charge in [-0.1, -0.05) is 66.2 Å². The predicted molar refractivity (Wildman–Crippen MR) is 108 cm³/mol. The van der Waals surface area contributed by atoms with E-state index in [0.717, 1.165) is 16.7 Å². The van der Waals surface area contributed by atoms with Gasteiger partial charge >= 0.3 is 0 Å². The Morgan fingerprint density at radius 3 is 2.46 bits per heavy atom. The van der Waals surface area contributed by atoms with Crippen molar-refractivity contribution in [1.29, 1.82) is 0 Å². The molecule has 1 aliphatic heterocycles. The Balaban J connectivity index is 1.97. The first-order valence-corrected chi connectivity index (χ1v) is 9.10. The Morgan fingerprint density at radius 2 is 1.82 bits per heavy atom. The first-order chi connectivity index (χ1) is 13.5. The Hall–Kier alpha value is -3.18. The molecule has 5 nitrogen and oxygen atoms in total. The zero-order chi connectivity index (χ0) is 20.1. The SMILES string of the molecule is COCCN1C(=O)C(O)=C(C(=O)/C=C/c2ccccc2)C1c1ccc(C)cc1. The molecule has 0 fully saturated rings. The van der Waals surface area contributed by atoms with Crippen molar-refractivity contribution in [2.24, 2.45) is 0 Å². The van der Waals surface area contributed by atoms with Crippen LogP contribution in [0.2, 0.25) is 0 Å². The summed E-state index contributed by atoms with van der Waals surface area (Å²) in [4.78, 5) is 27.0. The van der Waals surface area contributed by atoms with Gasteiger partial charge in [-0.2, -0.15) is 0 Å². The van der Waals surface area contributed by atoms with Gasteiger partial charge in [-0.15, -0.1) is 0 Å². The van der Waals surface area contributed by atoms with Gasteiger partial charge in [0.2, 0.25) is 0 Å². The molecule has 0 spiro atoms. The van der Waals surface area contributed by atoms with Crippen molar-refractivity contribution in [3.8, 4) is 0 Å². The summed E-state index contributed by atoms with van der Waals surface area (Å²) in [6.07, 6.45) is 3.08. The number of rotatable bonds is 7. The lowest BCUT2D eigenvalue weighted by Crippen LogP contribution is -2.33. The summed E-state index contributed by atoms with van der Waals surface area (Å²) in [6, 6.07) is 16.3. The first kappa shape index (κ1) is 19.6. The van der Waals surface area contributed by atoms with E-state index in [0.29, 0.717) is 6.61 Å². The molecule has 0 saturated heterocycles. The second-order valence-electron chi connectivity index (χ2n) is 6.68. The van der Waals surface area contributed by atoms with E-state index in [1.165, 1.54) is 11.0 Å². The molecule has 2 aromatic carbocycles. The van der Waals surface area contributed by atoms with Gasteiger partial charge in [-0.05, 0) is 24.1 Å². The molecule has 0 saturated carbocycles. The topological polar surface area (TPSA) is 66.8 Å². The van der Waals surface area contributed by atoms with Crippen LogP contribution in [0.3, 0.4) is 0 Å². The van der Waals surface area contributed by atoms with Crippen LogP contribution in [-0.2, 0) is 14.3 Å². The number of aryl methyl sites for hydroxylation is 1. The highest BCUT2D eigenvalue weighted by molar-refractivity contribution is 6.14. The molecule has 0 bridgehead atoms. The summed E-state index contributed by atoms with van der Waals surface area (Å²) in [7, 11) is 1.55. The van der Waals surface area contributed by atoms with Crippen molar-refractivity contribution in [2.75, 3.05) is 20.3 Å². The van der Waals surface area contributed by atoms with Crippen molar-refractivity contribution in [1.82, 2.24) is 4.90 Å². The van der Waals surface area contributed by atoms with Gasteiger partial charge in [-0.3, -0.25) is 9.59 Å². The van der Waals surface area contributed by atoms with Crippen LogP contribution in [0.5, 0.6) is 0 Å². The fourth-order valence-corrected chi connectivity index (χ4v) is 3.25. The molecule has 1 N–H and O–H groups in total. The molecule has 1 heterocycles. The number of ether oxygens (including phenoxy) is 1. The van der Waals surface area contributed by atoms with Gasteiger partial charge in [-0.25, -0.2) is 0 Å². The number of hydrogen-bond acceptors (Lipinski definition) is 4. The fraction of sp³-hybridized carbons (Fsp3) is 0.217. The van der Waals surface area contributed by atoms with Crippen molar-refractivity contribution < 1.29 is 19.4 Å². The highest BCUT2D eigenvalue weighted by Crippen LogP contribution is 2.37. The summed E-state index contributed by atoms with van der Waals surface area (Å²) in [5.74, 6) is -1.44. The maximum absolute atomic E-state index is 12.9. The van der Waals surface area contributed by atoms with E-state index in [2.05, 4.69) is 0 Å². The summed E-state index contributed by atoms with van der Waals surface area (Å²) in [5, 5.41) is 10.5. The van der Waals surface area contributed by atoms with Gasteiger partial charge in [0.05, 0.1) is 18.2 Å². The standard InChI is InChI=1S/C23H23NO4/c1-16-8-11-18(12-9-16)21-20(22(26)23(27)24(21)14-15-28-2)19(25)13-10-17-6-4-3-5-7-17/h3-13,21,26H,14-15H2,1-2H3/b13-10+. The quantitative estimate of drug-likeness (QED) is 0.749. The molecule has 5 heteroatoms. The van der Waals surface area contributed by atoms with Crippen molar-refractivity contribution in [2.45, 2.75) is 13.0 Å². The van der Waals surface area contributed by atoms with Crippen LogP contribution in [0.4, 0.5) is 0 Å². The number of benzene rings is 2. The molecule has 0 aliphatic carbocycles. The maximum Gasteiger partial charge on any atom is 0.290 e. The largest absolute Gasteiger partial charge is 0.503 e. The third kappa shape index (κ3) is 4.05. The lowest BCUT2D eigenvalue weighted by atomic mass is 9.95. The van der Waals surface area contributed by atoms with Crippen molar-refractivity contribution in [3.63, 3.8) is 0 Å². The molecule has 1 amide bonds. The van der Waals surface area contributed by atoms with Gasteiger partial charge in [0.1, 0.15) is 0 Å². The zero-order valence-electron chi connectivity index (χ0n) is 16.0. The molecule has 0 radical (unpaired) electrons. The van der Waals surface area contributed by atoms with E-state index in [-0.39, 0.29) is 17.9 Å². The minimum Gasteiger partial charge on any atom is -0.503 e. The molecule has 1 atom stereocenters. The average Bonchev–Trinajstić information content (AvgIpc) is 2.96. The van der Waals surface area contributed by atoms with Gasteiger partial charge < -0.3 is 14.7 Å². The van der Waals surface area contributed by atoms with E-state index >= 15 is 0 Å². The van der Waals surface area contributed by atoms with E-state index in [1.807, 2.05) is 61.5 Å². The van der Waals surface area contributed by atoms with Crippen LogP contribution < -0.4 is 0 Å². The molecule has 1 aliphatic rings. The lowest BCUT2D eigenvalue weighted by Gasteiger charge is -2.26. The molecular formula is C23H23NO4. The van der Waals surface area contributed by atoms with Crippen LogP contribution in [-0.4, -0.2) is 42.0 Å². The number of allylic oxidation sites excluding steroid dienone is 1. The highest BCUT2D eigenvalue weighted by atomic mass is 16.5. The lowest BCUT2D eigenvalue weighted by molar-refractivity contribution is -0.130. The average molecular weight is 377 g/mol. The van der Waals surface area contributed by atoms with E-state index in [1.54, 1.807) is 13.2 Å². The number of methoxy groups -OCH3 is 1. The van der Waals surface area contributed by atoms with Crippen LogP contribution in [0.25, 0.3) is 6.08 Å². The number of carbonyl (C=O) groups is 2. The Kier molecular flexibility index (Phi) is 6.06. The number of aliphatic hydroxyl groups is 1. The van der Waals surface area contributed by atoms with Crippen molar-refractivity contribution in [3.05, 3.63) is 88.7 Å². The highest BCUT2D eigenvalue weighted by Gasteiger charge is 2.42. The third-order valence-electron chi connectivity index (χ3n) is 4.73. The van der Waals surface area contributed by atoms with E-state index in [9.17, 15) is 14.7 Å². The van der Waals surface area contributed by atoms with E-state index in [4.69, 9.17) is 4.74 Å². The molecule has 3 rings (SSSR count).